The third-order valence-corrected chi connectivity index (χ3v) is 3.71. The predicted octanol–water partition coefficient (Wildman–Crippen LogP) is 2.42. The predicted molar refractivity (Wildman–Crippen MR) is 62.3 cm³/mol. The first kappa shape index (κ1) is 12.4. The Balaban J connectivity index is 2.50. The lowest BCUT2D eigenvalue weighted by atomic mass is 10.3. The molecule has 82 valence electrons. The van der Waals surface area contributed by atoms with Gasteiger partial charge in [-0.15, -0.1) is 0 Å². The number of carboxylic acids is 1. The molecule has 1 aromatic carbocycles. The Bertz CT molecular complexity index is 379. The fourth-order valence-corrected chi connectivity index (χ4v) is 2.76. The highest BCUT2D eigenvalue weighted by Gasteiger charge is 2.05. The maximum absolute atomic E-state index is 11.7. The van der Waals surface area contributed by atoms with Crippen LogP contribution in [0.2, 0.25) is 0 Å². The monoisotopic (exact) mass is 290 g/mol. The quantitative estimate of drug-likeness (QED) is 0.906. The molecular formula is C10H11BrO3S. The topological polar surface area (TPSA) is 54.4 Å². The van der Waals surface area contributed by atoms with Gasteiger partial charge in [0.15, 0.2) is 0 Å². The lowest BCUT2D eigenvalue weighted by molar-refractivity contribution is -0.137. The summed E-state index contributed by atoms with van der Waals surface area (Å²) in [6.45, 7) is 0. The fourth-order valence-electron chi connectivity index (χ4n) is 1.08. The highest BCUT2D eigenvalue weighted by Crippen LogP contribution is 2.15. The molecule has 15 heavy (non-hydrogen) atoms. The van der Waals surface area contributed by atoms with Crippen molar-refractivity contribution in [3.8, 4) is 0 Å². The van der Waals surface area contributed by atoms with Crippen LogP contribution in [0.15, 0.2) is 33.6 Å². The van der Waals surface area contributed by atoms with E-state index in [2.05, 4.69) is 15.9 Å². The van der Waals surface area contributed by atoms with E-state index < -0.39 is 16.8 Å². The summed E-state index contributed by atoms with van der Waals surface area (Å²) in [4.78, 5) is 11.0. The van der Waals surface area contributed by atoms with Crippen molar-refractivity contribution in [3.63, 3.8) is 0 Å². The molecule has 0 saturated heterocycles. The minimum Gasteiger partial charge on any atom is -0.481 e. The molecule has 5 heteroatoms. The van der Waals surface area contributed by atoms with Gasteiger partial charge in [0.25, 0.3) is 0 Å². The second-order valence-corrected chi connectivity index (χ2v) is 5.49. The lowest BCUT2D eigenvalue weighted by Gasteiger charge is -2.01. The van der Waals surface area contributed by atoms with E-state index in [4.69, 9.17) is 5.11 Å². The van der Waals surface area contributed by atoms with Gasteiger partial charge in [0.1, 0.15) is 0 Å². The van der Waals surface area contributed by atoms with Crippen LogP contribution in [0, 0.1) is 0 Å². The number of halogens is 1. The lowest BCUT2D eigenvalue weighted by Crippen LogP contribution is -2.02. The Morgan fingerprint density at radius 1 is 1.47 bits per heavy atom. The summed E-state index contributed by atoms with van der Waals surface area (Å²) in [5.41, 5.74) is 0. The van der Waals surface area contributed by atoms with Gasteiger partial charge in [-0.3, -0.25) is 9.00 Å². The zero-order valence-corrected chi connectivity index (χ0v) is 10.4. The second-order valence-electron chi connectivity index (χ2n) is 3.00. The molecular weight excluding hydrogens is 280 g/mol. The van der Waals surface area contributed by atoms with Gasteiger partial charge in [-0.1, -0.05) is 22.0 Å². The first-order valence-corrected chi connectivity index (χ1v) is 6.56. The number of carbonyl (C=O) groups is 1. The standard InChI is InChI=1S/C10H11BrO3S/c11-8-3-1-4-9(7-8)15(14)6-2-5-10(12)13/h1,3-4,7H,2,5-6H2,(H,12,13). The van der Waals surface area contributed by atoms with Crippen LogP contribution in [0.5, 0.6) is 0 Å². The summed E-state index contributed by atoms with van der Waals surface area (Å²) >= 11 is 3.29. The summed E-state index contributed by atoms with van der Waals surface area (Å²) in [5.74, 6) is -0.454. The van der Waals surface area contributed by atoms with Crippen molar-refractivity contribution in [1.29, 1.82) is 0 Å². The van der Waals surface area contributed by atoms with Gasteiger partial charge in [0, 0.05) is 21.5 Å². The van der Waals surface area contributed by atoms with Gasteiger partial charge in [-0.05, 0) is 24.6 Å². The van der Waals surface area contributed by atoms with Gasteiger partial charge in [0.2, 0.25) is 0 Å². The minimum atomic E-state index is -1.10. The zero-order chi connectivity index (χ0) is 11.3. The third-order valence-electron chi connectivity index (χ3n) is 1.78. The number of benzene rings is 1. The average molecular weight is 291 g/mol. The summed E-state index contributed by atoms with van der Waals surface area (Å²) in [7, 11) is -1.10. The van der Waals surface area contributed by atoms with Gasteiger partial charge in [-0.25, -0.2) is 0 Å². The maximum atomic E-state index is 11.7. The van der Waals surface area contributed by atoms with Crippen LogP contribution < -0.4 is 0 Å². The van der Waals surface area contributed by atoms with Crippen molar-refractivity contribution in [1.82, 2.24) is 0 Å². The molecule has 0 aliphatic rings. The summed E-state index contributed by atoms with van der Waals surface area (Å²) in [6.07, 6.45) is 0.508. The molecule has 1 aromatic rings. The Labute approximate surface area is 99.1 Å². The Morgan fingerprint density at radius 3 is 2.80 bits per heavy atom. The maximum Gasteiger partial charge on any atom is 0.303 e. The van der Waals surface area contributed by atoms with Crippen LogP contribution in [0.3, 0.4) is 0 Å². The smallest absolute Gasteiger partial charge is 0.303 e. The van der Waals surface area contributed by atoms with Gasteiger partial charge in [-0.2, -0.15) is 0 Å². The molecule has 0 bridgehead atoms. The molecule has 0 aliphatic carbocycles. The molecule has 0 fully saturated rings. The number of hydrogen-bond donors (Lipinski definition) is 1. The number of aliphatic carboxylic acids is 1. The van der Waals surface area contributed by atoms with Crippen LogP contribution in [0.1, 0.15) is 12.8 Å². The van der Waals surface area contributed by atoms with Crippen molar-refractivity contribution >= 4 is 32.7 Å². The third kappa shape index (κ3) is 4.57. The van der Waals surface area contributed by atoms with Gasteiger partial charge < -0.3 is 5.11 Å². The molecule has 0 radical (unpaired) electrons. The van der Waals surface area contributed by atoms with Crippen molar-refractivity contribution in [2.24, 2.45) is 0 Å². The van der Waals surface area contributed by atoms with E-state index in [1.165, 1.54) is 0 Å². The van der Waals surface area contributed by atoms with Crippen LogP contribution in [-0.2, 0) is 15.6 Å². The Hall–Kier alpha value is -0.680. The summed E-state index contributed by atoms with van der Waals surface area (Å²) < 4.78 is 12.6. The van der Waals surface area contributed by atoms with E-state index in [1.807, 2.05) is 12.1 Å². The molecule has 1 rings (SSSR count). The molecule has 0 aliphatic heterocycles. The molecule has 0 saturated carbocycles. The molecule has 0 heterocycles. The van der Waals surface area contributed by atoms with Crippen LogP contribution in [0.4, 0.5) is 0 Å². The van der Waals surface area contributed by atoms with E-state index in [-0.39, 0.29) is 6.42 Å². The van der Waals surface area contributed by atoms with E-state index in [1.54, 1.807) is 12.1 Å². The number of rotatable bonds is 5. The first-order chi connectivity index (χ1) is 7.09. The van der Waals surface area contributed by atoms with Crippen molar-refractivity contribution in [2.75, 3.05) is 5.75 Å². The van der Waals surface area contributed by atoms with Crippen LogP contribution >= 0.6 is 15.9 Å². The molecule has 0 aromatic heterocycles. The SMILES string of the molecule is O=C(O)CCCS(=O)c1cccc(Br)c1. The molecule has 1 N–H and O–H groups in total. The zero-order valence-electron chi connectivity index (χ0n) is 7.98. The van der Waals surface area contributed by atoms with Crippen LogP contribution in [0.25, 0.3) is 0 Å². The van der Waals surface area contributed by atoms with E-state index in [0.29, 0.717) is 12.2 Å². The highest BCUT2D eigenvalue weighted by atomic mass is 79.9. The normalized spacial score (nSPS) is 12.3. The molecule has 0 amide bonds. The molecule has 0 spiro atoms. The Morgan fingerprint density at radius 2 is 2.20 bits per heavy atom. The molecule has 3 nitrogen and oxygen atoms in total. The van der Waals surface area contributed by atoms with Gasteiger partial charge in [0.05, 0.1) is 10.8 Å². The van der Waals surface area contributed by atoms with Crippen molar-refractivity contribution in [2.45, 2.75) is 17.7 Å². The number of carboxylic acid groups (broad SMARTS) is 1. The largest absolute Gasteiger partial charge is 0.481 e. The molecule has 1 atom stereocenters. The van der Waals surface area contributed by atoms with Crippen molar-refractivity contribution < 1.29 is 14.1 Å². The van der Waals surface area contributed by atoms with E-state index >= 15 is 0 Å². The van der Waals surface area contributed by atoms with E-state index in [9.17, 15) is 9.00 Å². The summed E-state index contributed by atoms with van der Waals surface area (Å²) in [5, 5.41) is 8.43. The fraction of sp³-hybridized carbons (Fsp3) is 0.300. The first-order valence-electron chi connectivity index (χ1n) is 4.45. The molecule has 1 unspecified atom stereocenters. The minimum absolute atomic E-state index is 0.0692. The second kappa shape index (κ2) is 6.02. The Kier molecular flexibility index (Phi) is 4.98. The van der Waals surface area contributed by atoms with Crippen LogP contribution in [-0.4, -0.2) is 21.0 Å². The van der Waals surface area contributed by atoms with Crippen molar-refractivity contribution in [3.05, 3.63) is 28.7 Å². The number of hydrogen-bond acceptors (Lipinski definition) is 2. The highest BCUT2D eigenvalue weighted by molar-refractivity contribution is 9.10. The summed E-state index contributed by atoms with van der Waals surface area (Å²) in [6, 6.07) is 7.24. The van der Waals surface area contributed by atoms with Gasteiger partial charge >= 0.3 is 5.97 Å². The van der Waals surface area contributed by atoms with E-state index in [0.717, 1.165) is 9.37 Å². The average Bonchev–Trinajstić information content (AvgIpc) is 2.17.